The number of benzene rings is 2. The molecule has 33 heavy (non-hydrogen) atoms. The molecule has 2 fully saturated rings. The van der Waals surface area contributed by atoms with Gasteiger partial charge in [-0.15, -0.1) is 0 Å². The van der Waals surface area contributed by atoms with Crippen molar-refractivity contribution in [3.8, 4) is 0 Å². The summed E-state index contributed by atoms with van der Waals surface area (Å²) >= 11 is 0. The van der Waals surface area contributed by atoms with E-state index in [1.54, 1.807) is 37.4 Å². The topological polar surface area (TPSA) is 98.5 Å². The minimum absolute atomic E-state index is 0.0158. The molecule has 5 rings (SSSR count). The van der Waals surface area contributed by atoms with Crippen LogP contribution in [0.25, 0.3) is 0 Å². The first kappa shape index (κ1) is 21.7. The summed E-state index contributed by atoms with van der Waals surface area (Å²) in [6.07, 6.45) is 6.39. The fraction of sp³-hybridized carbons (Fsp3) is 0.444. The predicted molar refractivity (Wildman–Crippen MR) is 127 cm³/mol. The Kier molecular flexibility index (Phi) is 5.47. The Morgan fingerprint density at radius 1 is 0.970 bits per heavy atom. The first-order chi connectivity index (χ1) is 15.9. The van der Waals surface area contributed by atoms with Crippen molar-refractivity contribution in [2.45, 2.75) is 51.6 Å². The second-order valence-corrected chi connectivity index (χ2v) is 9.87. The summed E-state index contributed by atoms with van der Waals surface area (Å²) in [5.74, 6) is 0.973. The number of anilines is 2. The van der Waals surface area contributed by atoms with Crippen molar-refractivity contribution in [1.29, 1.82) is 0 Å². The van der Waals surface area contributed by atoms with Crippen LogP contribution in [0.1, 0.15) is 87.6 Å². The molecule has 2 saturated carbocycles. The number of hydrogen-bond donors (Lipinski definition) is 2. The number of nitrogens with one attached hydrogen (secondary N) is 1. The Morgan fingerprint density at radius 2 is 1.61 bits per heavy atom. The molecule has 4 unspecified atom stereocenters. The van der Waals surface area contributed by atoms with Crippen molar-refractivity contribution >= 4 is 28.9 Å². The molecule has 0 heterocycles. The molecule has 0 saturated heterocycles. The third kappa shape index (κ3) is 3.62. The van der Waals surface area contributed by atoms with Crippen LogP contribution in [-0.2, 0) is 4.74 Å². The normalized spacial score (nSPS) is 26.1. The molecule has 0 spiro atoms. The predicted octanol–water partition coefficient (Wildman–Crippen LogP) is 4.85. The maximum absolute atomic E-state index is 13.3. The van der Waals surface area contributed by atoms with Gasteiger partial charge in [-0.05, 0) is 55.9 Å². The van der Waals surface area contributed by atoms with Gasteiger partial charge in [0.2, 0.25) is 0 Å². The second-order valence-electron chi connectivity index (χ2n) is 9.87. The molecule has 172 valence electrons. The van der Waals surface area contributed by atoms with Gasteiger partial charge in [-0.1, -0.05) is 37.6 Å². The van der Waals surface area contributed by atoms with Gasteiger partial charge in [-0.2, -0.15) is 0 Å². The summed E-state index contributed by atoms with van der Waals surface area (Å²) in [5.41, 5.74) is 7.87. The molecule has 6 nitrogen and oxygen atoms in total. The first-order valence-electron chi connectivity index (χ1n) is 11.9. The van der Waals surface area contributed by atoms with Crippen LogP contribution in [0.15, 0.2) is 30.3 Å². The van der Waals surface area contributed by atoms with E-state index in [2.05, 4.69) is 12.2 Å². The Bertz CT molecular complexity index is 1160. The SMILES string of the molecule is CNc1cc(C(=O)OC2CCC3CC(C)CCC3C2)c(N)c2c1C(=O)c1ccccc1C2=O. The van der Waals surface area contributed by atoms with Gasteiger partial charge in [-0.25, -0.2) is 4.79 Å². The fourth-order valence-electron chi connectivity index (χ4n) is 6.09. The lowest BCUT2D eigenvalue weighted by Gasteiger charge is -2.41. The Labute approximate surface area is 193 Å². The first-order valence-corrected chi connectivity index (χ1v) is 11.9. The van der Waals surface area contributed by atoms with Crippen LogP contribution in [-0.4, -0.2) is 30.7 Å². The quantitative estimate of drug-likeness (QED) is 0.441. The third-order valence-electron chi connectivity index (χ3n) is 7.83. The molecule has 4 atom stereocenters. The highest BCUT2D eigenvalue weighted by Crippen LogP contribution is 2.44. The zero-order valence-corrected chi connectivity index (χ0v) is 19.1. The average molecular weight is 447 g/mol. The highest BCUT2D eigenvalue weighted by atomic mass is 16.5. The van der Waals surface area contributed by atoms with Crippen LogP contribution >= 0.6 is 0 Å². The number of nitrogens with two attached hydrogens (primary N) is 1. The van der Waals surface area contributed by atoms with E-state index < -0.39 is 5.97 Å². The molecule has 0 radical (unpaired) electrons. The number of fused-ring (bicyclic) bond motifs is 3. The van der Waals surface area contributed by atoms with Gasteiger partial charge in [-0.3, -0.25) is 9.59 Å². The Balaban J connectivity index is 1.44. The summed E-state index contributed by atoms with van der Waals surface area (Å²) < 4.78 is 5.91. The molecule has 3 N–H and O–H groups in total. The third-order valence-corrected chi connectivity index (χ3v) is 7.83. The maximum Gasteiger partial charge on any atom is 0.340 e. The highest BCUT2D eigenvalue weighted by molar-refractivity contribution is 6.32. The number of esters is 1. The fourth-order valence-corrected chi connectivity index (χ4v) is 6.09. The number of ketones is 2. The van der Waals surface area contributed by atoms with E-state index in [0.717, 1.165) is 31.1 Å². The smallest absolute Gasteiger partial charge is 0.340 e. The van der Waals surface area contributed by atoms with Crippen molar-refractivity contribution in [3.63, 3.8) is 0 Å². The van der Waals surface area contributed by atoms with E-state index in [1.165, 1.54) is 19.3 Å². The lowest BCUT2D eigenvalue weighted by Crippen LogP contribution is -2.35. The van der Waals surface area contributed by atoms with Crippen molar-refractivity contribution in [2.75, 3.05) is 18.1 Å². The molecular weight excluding hydrogens is 416 g/mol. The molecular formula is C27H30N2O4. The molecule has 0 aliphatic heterocycles. The van der Waals surface area contributed by atoms with Crippen LogP contribution in [0.3, 0.4) is 0 Å². The summed E-state index contributed by atoms with van der Waals surface area (Å²) in [4.78, 5) is 39.7. The molecule has 2 aromatic rings. The van der Waals surface area contributed by atoms with Crippen LogP contribution in [0.4, 0.5) is 11.4 Å². The van der Waals surface area contributed by atoms with Gasteiger partial charge in [0.05, 0.1) is 22.4 Å². The molecule has 6 heteroatoms. The van der Waals surface area contributed by atoms with Gasteiger partial charge < -0.3 is 15.8 Å². The van der Waals surface area contributed by atoms with Crippen molar-refractivity contribution in [3.05, 3.63) is 58.1 Å². The number of carbonyl (C=O) groups excluding carboxylic acids is 3. The molecule has 0 aromatic heterocycles. The maximum atomic E-state index is 13.3. The average Bonchev–Trinajstić information content (AvgIpc) is 2.82. The summed E-state index contributed by atoms with van der Waals surface area (Å²) in [6, 6.07) is 8.24. The lowest BCUT2D eigenvalue weighted by atomic mass is 9.67. The number of rotatable bonds is 3. The van der Waals surface area contributed by atoms with E-state index in [9.17, 15) is 14.4 Å². The van der Waals surface area contributed by atoms with Crippen molar-refractivity contribution in [2.24, 2.45) is 17.8 Å². The lowest BCUT2D eigenvalue weighted by molar-refractivity contribution is -0.00482. The number of ether oxygens (including phenoxy) is 1. The Hall–Kier alpha value is -3.15. The van der Waals surface area contributed by atoms with E-state index in [-0.39, 0.29) is 40.0 Å². The van der Waals surface area contributed by atoms with E-state index >= 15 is 0 Å². The number of nitrogen functional groups attached to an aromatic ring is 1. The van der Waals surface area contributed by atoms with Crippen LogP contribution < -0.4 is 11.1 Å². The van der Waals surface area contributed by atoms with E-state index in [0.29, 0.717) is 22.7 Å². The minimum Gasteiger partial charge on any atom is -0.459 e. The van der Waals surface area contributed by atoms with Gasteiger partial charge in [0.25, 0.3) is 0 Å². The molecule has 0 bridgehead atoms. The summed E-state index contributed by atoms with van der Waals surface area (Å²) in [5, 5.41) is 2.97. The number of carbonyl (C=O) groups is 3. The van der Waals surface area contributed by atoms with Gasteiger partial charge in [0.1, 0.15) is 6.10 Å². The molecule has 2 aromatic carbocycles. The standard InChI is InChI=1S/C27H30N2O4/c1-14-7-8-16-12-17(10-9-15(16)11-14)33-27(32)20-13-21(29-2)22-23(24(20)28)26(31)19-6-4-3-5-18(19)25(22)30/h3-6,13-17,29H,7-12,28H2,1-2H3. The number of hydrogen-bond acceptors (Lipinski definition) is 6. The van der Waals surface area contributed by atoms with Gasteiger partial charge in [0, 0.05) is 23.9 Å². The minimum atomic E-state index is -0.529. The second kappa shape index (κ2) is 8.32. The molecule has 0 amide bonds. The van der Waals surface area contributed by atoms with E-state index in [1.807, 2.05) is 0 Å². The molecule has 3 aliphatic rings. The van der Waals surface area contributed by atoms with Crippen LogP contribution in [0, 0.1) is 17.8 Å². The summed E-state index contributed by atoms with van der Waals surface area (Å²) in [6.45, 7) is 2.32. The van der Waals surface area contributed by atoms with Gasteiger partial charge in [0.15, 0.2) is 11.6 Å². The Morgan fingerprint density at radius 3 is 2.30 bits per heavy atom. The largest absolute Gasteiger partial charge is 0.459 e. The van der Waals surface area contributed by atoms with Gasteiger partial charge >= 0.3 is 5.97 Å². The highest BCUT2D eigenvalue weighted by Gasteiger charge is 2.38. The van der Waals surface area contributed by atoms with Crippen molar-refractivity contribution < 1.29 is 19.1 Å². The van der Waals surface area contributed by atoms with Crippen LogP contribution in [0.2, 0.25) is 0 Å². The van der Waals surface area contributed by atoms with Crippen molar-refractivity contribution in [1.82, 2.24) is 0 Å². The van der Waals surface area contributed by atoms with Crippen LogP contribution in [0.5, 0.6) is 0 Å². The van der Waals surface area contributed by atoms with E-state index in [4.69, 9.17) is 10.5 Å². The summed E-state index contributed by atoms with van der Waals surface area (Å²) in [7, 11) is 1.66. The zero-order chi connectivity index (χ0) is 23.3. The monoisotopic (exact) mass is 446 g/mol. The molecule has 3 aliphatic carbocycles. The zero-order valence-electron chi connectivity index (χ0n) is 19.1.